The Kier molecular flexibility index (Phi) is 1.71. The maximum Gasteiger partial charge on any atom is 0.169 e. The van der Waals surface area contributed by atoms with Gasteiger partial charge in [0.2, 0.25) is 0 Å². The molecule has 0 saturated carbocycles. The lowest BCUT2D eigenvalue weighted by molar-refractivity contribution is 1.08. The van der Waals surface area contributed by atoms with Crippen LogP contribution >= 0.6 is 0 Å². The number of aromatic nitrogens is 4. The van der Waals surface area contributed by atoms with E-state index in [0.29, 0.717) is 0 Å². The molecule has 0 aliphatic carbocycles. The van der Waals surface area contributed by atoms with Gasteiger partial charge in [-0.3, -0.25) is 4.40 Å². The van der Waals surface area contributed by atoms with Crippen LogP contribution in [-0.4, -0.2) is 19.6 Å². The van der Waals surface area contributed by atoms with Gasteiger partial charge >= 0.3 is 0 Å². The molecule has 0 saturated heterocycles. The van der Waals surface area contributed by atoms with Crippen LogP contribution in [0.1, 0.15) is 0 Å². The minimum Gasteiger partial charge on any atom is -0.265 e. The Morgan fingerprint density at radius 1 is 0.933 bits per heavy atom. The molecule has 2 aromatic heterocycles. The first-order chi connectivity index (χ1) is 7.45. The summed E-state index contributed by atoms with van der Waals surface area (Å²) < 4.78 is 1.87. The lowest BCUT2D eigenvalue weighted by Crippen LogP contribution is -1.89. The lowest BCUT2D eigenvalue weighted by atomic mass is 10.2. The van der Waals surface area contributed by atoms with Crippen LogP contribution in [-0.2, 0) is 0 Å². The third-order valence-corrected chi connectivity index (χ3v) is 2.25. The Balaban J connectivity index is 2.28. The molecule has 0 amide bonds. The van der Waals surface area contributed by atoms with Gasteiger partial charge in [0.05, 0.1) is 0 Å². The number of nitrogens with zero attached hydrogens (tertiary/aromatic N) is 4. The quantitative estimate of drug-likeness (QED) is 0.596. The highest BCUT2D eigenvalue weighted by Crippen LogP contribution is 2.16. The van der Waals surface area contributed by atoms with Crippen LogP contribution in [0.15, 0.2) is 48.9 Å². The monoisotopic (exact) mass is 196 g/mol. The van der Waals surface area contributed by atoms with Gasteiger partial charge in [0.25, 0.3) is 0 Å². The van der Waals surface area contributed by atoms with Crippen molar-refractivity contribution in [2.24, 2.45) is 0 Å². The summed E-state index contributed by atoms with van der Waals surface area (Å²) in [6.45, 7) is 0. The van der Waals surface area contributed by atoms with E-state index in [1.54, 1.807) is 12.5 Å². The molecule has 2 heterocycles. The molecule has 0 radical (unpaired) electrons. The van der Waals surface area contributed by atoms with Crippen molar-refractivity contribution in [1.82, 2.24) is 19.6 Å². The molecule has 1 aromatic carbocycles. The summed E-state index contributed by atoms with van der Waals surface area (Å²) in [5.41, 5.74) is 1.85. The van der Waals surface area contributed by atoms with Crippen LogP contribution < -0.4 is 0 Å². The topological polar surface area (TPSA) is 43.1 Å². The van der Waals surface area contributed by atoms with Gasteiger partial charge in [-0.25, -0.2) is 4.98 Å². The maximum absolute atomic E-state index is 4.14. The Hall–Kier alpha value is -2.23. The van der Waals surface area contributed by atoms with Gasteiger partial charge < -0.3 is 0 Å². The molecule has 15 heavy (non-hydrogen) atoms. The molecule has 3 aromatic rings. The van der Waals surface area contributed by atoms with Crippen molar-refractivity contribution in [3.63, 3.8) is 0 Å². The molecule has 0 aliphatic rings. The molecule has 3 rings (SSSR count). The van der Waals surface area contributed by atoms with Crippen LogP contribution in [0.2, 0.25) is 0 Å². The van der Waals surface area contributed by atoms with E-state index in [2.05, 4.69) is 15.2 Å². The molecule has 0 aliphatic heterocycles. The van der Waals surface area contributed by atoms with Crippen LogP contribution in [0.5, 0.6) is 0 Å². The van der Waals surface area contributed by atoms with Gasteiger partial charge in [-0.1, -0.05) is 30.3 Å². The van der Waals surface area contributed by atoms with E-state index in [1.165, 1.54) is 0 Å². The minimum absolute atomic E-state index is 0.809. The van der Waals surface area contributed by atoms with Crippen molar-refractivity contribution in [1.29, 1.82) is 0 Å². The Morgan fingerprint density at radius 2 is 1.80 bits per heavy atom. The molecule has 0 N–H and O–H groups in total. The molecule has 0 atom stereocenters. The van der Waals surface area contributed by atoms with Crippen LogP contribution in [0.4, 0.5) is 0 Å². The zero-order chi connectivity index (χ0) is 10.1. The standard InChI is InChI=1S/C11H8N4/c1-2-4-9(5-3-1)11-14-13-10-6-7-12-8-15(10)11/h1-8H. The number of hydrogen-bond acceptors (Lipinski definition) is 3. The fourth-order valence-corrected chi connectivity index (χ4v) is 1.53. The third-order valence-electron chi connectivity index (χ3n) is 2.25. The first kappa shape index (κ1) is 8.11. The van der Waals surface area contributed by atoms with Gasteiger partial charge in [0.1, 0.15) is 6.33 Å². The average molecular weight is 196 g/mol. The second kappa shape index (κ2) is 3.16. The van der Waals surface area contributed by atoms with E-state index in [0.717, 1.165) is 17.0 Å². The fourth-order valence-electron chi connectivity index (χ4n) is 1.53. The molecular formula is C11H8N4. The van der Waals surface area contributed by atoms with E-state index < -0.39 is 0 Å². The largest absolute Gasteiger partial charge is 0.265 e. The highest BCUT2D eigenvalue weighted by Gasteiger charge is 2.05. The Morgan fingerprint density at radius 3 is 2.67 bits per heavy atom. The van der Waals surface area contributed by atoms with Crippen molar-refractivity contribution >= 4 is 5.65 Å². The minimum atomic E-state index is 0.809. The molecular weight excluding hydrogens is 188 g/mol. The number of hydrogen-bond donors (Lipinski definition) is 0. The van der Waals surface area contributed by atoms with Gasteiger partial charge in [0, 0.05) is 17.8 Å². The van der Waals surface area contributed by atoms with Crippen LogP contribution in [0, 0.1) is 0 Å². The summed E-state index contributed by atoms with van der Waals surface area (Å²) in [5, 5.41) is 8.21. The fraction of sp³-hybridized carbons (Fsp3) is 0. The van der Waals surface area contributed by atoms with Crippen LogP contribution in [0.3, 0.4) is 0 Å². The molecule has 72 valence electrons. The van der Waals surface area contributed by atoms with Crippen molar-refractivity contribution in [2.45, 2.75) is 0 Å². The Labute approximate surface area is 86.2 Å². The second-order valence-electron chi connectivity index (χ2n) is 3.20. The normalized spacial score (nSPS) is 10.7. The molecule has 0 spiro atoms. The molecule has 4 nitrogen and oxygen atoms in total. The summed E-state index contributed by atoms with van der Waals surface area (Å²) in [4.78, 5) is 4.05. The highest BCUT2D eigenvalue weighted by molar-refractivity contribution is 5.58. The zero-order valence-corrected chi connectivity index (χ0v) is 7.91. The van der Waals surface area contributed by atoms with Crippen molar-refractivity contribution in [3.8, 4) is 11.4 Å². The van der Waals surface area contributed by atoms with Gasteiger partial charge in [-0.2, -0.15) is 0 Å². The number of rotatable bonds is 1. The predicted molar refractivity (Wildman–Crippen MR) is 56.2 cm³/mol. The number of benzene rings is 1. The van der Waals surface area contributed by atoms with E-state index in [4.69, 9.17) is 0 Å². The maximum atomic E-state index is 4.14. The summed E-state index contributed by atoms with van der Waals surface area (Å²) in [6, 6.07) is 11.8. The van der Waals surface area contributed by atoms with Crippen molar-refractivity contribution in [2.75, 3.05) is 0 Å². The summed E-state index contributed by atoms with van der Waals surface area (Å²) in [6.07, 6.45) is 3.43. The molecule has 4 heteroatoms. The predicted octanol–water partition coefficient (Wildman–Crippen LogP) is 1.79. The van der Waals surface area contributed by atoms with E-state index >= 15 is 0 Å². The molecule has 0 bridgehead atoms. The van der Waals surface area contributed by atoms with E-state index in [1.807, 2.05) is 40.8 Å². The van der Waals surface area contributed by atoms with Crippen molar-refractivity contribution in [3.05, 3.63) is 48.9 Å². The third kappa shape index (κ3) is 1.27. The van der Waals surface area contributed by atoms with Gasteiger partial charge in [-0.15, -0.1) is 10.2 Å². The van der Waals surface area contributed by atoms with E-state index in [9.17, 15) is 0 Å². The van der Waals surface area contributed by atoms with Crippen molar-refractivity contribution < 1.29 is 0 Å². The molecule has 0 fully saturated rings. The first-order valence-corrected chi connectivity index (χ1v) is 4.65. The van der Waals surface area contributed by atoms with Crippen LogP contribution in [0.25, 0.3) is 17.0 Å². The summed E-state index contributed by atoms with van der Waals surface area (Å²) in [5.74, 6) is 0.818. The first-order valence-electron chi connectivity index (χ1n) is 4.65. The lowest BCUT2D eigenvalue weighted by Gasteiger charge is -1.97. The second-order valence-corrected chi connectivity index (χ2v) is 3.20. The Bertz CT molecular complexity index is 586. The molecule has 0 unspecified atom stereocenters. The summed E-state index contributed by atoms with van der Waals surface area (Å²) in [7, 11) is 0. The van der Waals surface area contributed by atoms with Gasteiger partial charge in [0.15, 0.2) is 11.5 Å². The number of fused-ring (bicyclic) bond motifs is 1. The average Bonchev–Trinajstić information content (AvgIpc) is 2.74. The summed E-state index contributed by atoms with van der Waals surface area (Å²) >= 11 is 0. The van der Waals surface area contributed by atoms with Gasteiger partial charge in [-0.05, 0) is 0 Å². The van der Waals surface area contributed by atoms with E-state index in [-0.39, 0.29) is 0 Å². The highest BCUT2D eigenvalue weighted by atomic mass is 15.3. The SMILES string of the molecule is c1ccc(-c2nnc3ccncn23)cc1. The smallest absolute Gasteiger partial charge is 0.169 e. The zero-order valence-electron chi connectivity index (χ0n) is 7.91.